The van der Waals surface area contributed by atoms with E-state index in [-0.39, 0.29) is 17.6 Å². The summed E-state index contributed by atoms with van der Waals surface area (Å²) in [6.45, 7) is 3.75. The van der Waals surface area contributed by atoms with Crippen molar-refractivity contribution < 1.29 is 23.9 Å². The summed E-state index contributed by atoms with van der Waals surface area (Å²) >= 11 is 0. The average Bonchev–Trinajstić information content (AvgIpc) is 2.68. The lowest BCUT2D eigenvalue weighted by Crippen LogP contribution is -3.14. The Kier molecular flexibility index (Phi) is 6.20. The third-order valence-corrected chi connectivity index (χ3v) is 4.65. The molecule has 1 aliphatic rings. The highest BCUT2D eigenvalue weighted by atomic mass is 19.1. The summed E-state index contributed by atoms with van der Waals surface area (Å²) in [4.78, 5) is 5.93. The Morgan fingerprint density at radius 1 is 1.23 bits per heavy atom. The van der Waals surface area contributed by atoms with Crippen LogP contribution in [0, 0.1) is 5.82 Å². The lowest BCUT2D eigenvalue weighted by atomic mass is 10.0. The van der Waals surface area contributed by atoms with E-state index in [1.54, 1.807) is 31.5 Å². The minimum Gasteiger partial charge on any atom is -0.507 e. The second kappa shape index (κ2) is 8.78. The molecule has 0 amide bonds. The van der Waals surface area contributed by atoms with Crippen LogP contribution in [0.25, 0.3) is 0 Å². The van der Waals surface area contributed by atoms with Crippen molar-refractivity contribution in [3.8, 4) is 11.5 Å². The van der Waals surface area contributed by atoms with Gasteiger partial charge in [0.1, 0.15) is 36.4 Å². The standard InChI is InChI=1S/C20H23FN2O3/c1-25-18-6-7-20(24)16(12-18)13-22-14-19(23-8-10-26-11-9-23)15-2-4-17(21)5-3-15/h2-7,12-13,19,24H,8-11,14H2,1H3/p+1/t19-/m1/s1. The van der Waals surface area contributed by atoms with Crippen LogP contribution in [-0.4, -0.2) is 51.3 Å². The molecule has 0 saturated carbocycles. The Labute approximate surface area is 152 Å². The average molecular weight is 359 g/mol. The molecule has 3 rings (SSSR count). The number of hydrogen-bond donors (Lipinski definition) is 2. The summed E-state index contributed by atoms with van der Waals surface area (Å²) in [6, 6.07) is 11.8. The van der Waals surface area contributed by atoms with Gasteiger partial charge in [-0.15, -0.1) is 0 Å². The number of ether oxygens (including phenoxy) is 2. The molecule has 1 saturated heterocycles. The Balaban J connectivity index is 1.78. The highest BCUT2D eigenvalue weighted by molar-refractivity contribution is 5.84. The van der Waals surface area contributed by atoms with Crippen LogP contribution in [0.5, 0.6) is 11.5 Å². The fourth-order valence-corrected chi connectivity index (χ4v) is 3.17. The summed E-state index contributed by atoms with van der Waals surface area (Å²) in [7, 11) is 1.58. The van der Waals surface area contributed by atoms with E-state index in [1.165, 1.54) is 17.0 Å². The molecule has 1 aliphatic heterocycles. The number of phenols is 1. The summed E-state index contributed by atoms with van der Waals surface area (Å²) in [5.41, 5.74) is 1.66. The summed E-state index contributed by atoms with van der Waals surface area (Å²) in [5, 5.41) is 9.98. The molecule has 0 spiro atoms. The van der Waals surface area contributed by atoms with Gasteiger partial charge in [-0.25, -0.2) is 4.39 Å². The maximum atomic E-state index is 13.3. The molecule has 26 heavy (non-hydrogen) atoms. The van der Waals surface area contributed by atoms with Crippen molar-refractivity contribution in [1.82, 2.24) is 0 Å². The van der Waals surface area contributed by atoms with Crippen LogP contribution in [0.1, 0.15) is 17.2 Å². The van der Waals surface area contributed by atoms with E-state index in [1.807, 2.05) is 12.1 Å². The quantitative estimate of drug-likeness (QED) is 0.771. The third-order valence-electron chi connectivity index (χ3n) is 4.65. The van der Waals surface area contributed by atoms with Gasteiger partial charge in [0.25, 0.3) is 0 Å². The monoisotopic (exact) mass is 359 g/mol. The predicted molar refractivity (Wildman–Crippen MR) is 97.8 cm³/mol. The molecular formula is C20H24FN2O3+. The lowest BCUT2D eigenvalue weighted by molar-refractivity contribution is -0.937. The van der Waals surface area contributed by atoms with Gasteiger partial charge in [-0.3, -0.25) is 4.99 Å². The van der Waals surface area contributed by atoms with Crippen molar-refractivity contribution in [2.75, 3.05) is 40.0 Å². The van der Waals surface area contributed by atoms with Gasteiger partial charge in [0, 0.05) is 17.3 Å². The Morgan fingerprint density at radius 3 is 2.65 bits per heavy atom. The third kappa shape index (κ3) is 4.59. The summed E-state index contributed by atoms with van der Waals surface area (Å²) in [5.74, 6) is 0.582. The van der Waals surface area contributed by atoms with Gasteiger partial charge in [-0.2, -0.15) is 0 Å². The van der Waals surface area contributed by atoms with Crippen molar-refractivity contribution in [3.05, 3.63) is 59.4 Å². The first-order chi connectivity index (χ1) is 12.7. The number of aliphatic imine (C=N–C) groups is 1. The number of aromatic hydroxyl groups is 1. The van der Waals surface area contributed by atoms with E-state index in [4.69, 9.17) is 9.47 Å². The van der Waals surface area contributed by atoms with Crippen molar-refractivity contribution in [2.24, 2.45) is 4.99 Å². The molecule has 0 aromatic heterocycles. The number of quaternary nitrogens is 1. The largest absolute Gasteiger partial charge is 0.507 e. The van der Waals surface area contributed by atoms with Crippen molar-refractivity contribution in [2.45, 2.75) is 6.04 Å². The number of halogens is 1. The number of benzene rings is 2. The number of methoxy groups -OCH3 is 1. The topological polar surface area (TPSA) is 55.5 Å². The van der Waals surface area contributed by atoms with E-state index >= 15 is 0 Å². The Bertz CT molecular complexity index is 743. The zero-order valence-electron chi connectivity index (χ0n) is 14.8. The van der Waals surface area contributed by atoms with Crippen LogP contribution in [-0.2, 0) is 4.74 Å². The maximum absolute atomic E-state index is 13.3. The van der Waals surface area contributed by atoms with Crippen LogP contribution in [0.3, 0.4) is 0 Å². The number of hydrogen-bond acceptors (Lipinski definition) is 4. The summed E-state index contributed by atoms with van der Waals surface area (Å²) in [6.07, 6.45) is 1.66. The first kappa shape index (κ1) is 18.4. The molecule has 2 aromatic carbocycles. The van der Waals surface area contributed by atoms with Crippen LogP contribution >= 0.6 is 0 Å². The molecule has 0 radical (unpaired) electrons. The molecule has 2 N–H and O–H groups in total. The van der Waals surface area contributed by atoms with Crippen LogP contribution in [0.15, 0.2) is 47.5 Å². The fourth-order valence-electron chi connectivity index (χ4n) is 3.17. The van der Waals surface area contributed by atoms with Crippen LogP contribution < -0.4 is 9.64 Å². The number of nitrogens with zero attached hydrogens (tertiary/aromatic N) is 1. The molecular weight excluding hydrogens is 335 g/mol. The number of morpholine rings is 1. The molecule has 138 valence electrons. The normalized spacial score (nSPS) is 16.7. The first-order valence-corrected chi connectivity index (χ1v) is 8.72. The SMILES string of the molecule is COc1ccc(O)c(C=NC[C@H](c2ccc(F)cc2)[NH+]2CCOCC2)c1. The van der Waals surface area contributed by atoms with Crippen molar-refractivity contribution >= 4 is 6.21 Å². The van der Waals surface area contributed by atoms with E-state index < -0.39 is 0 Å². The van der Waals surface area contributed by atoms with Gasteiger partial charge in [0.15, 0.2) is 0 Å². The van der Waals surface area contributed by atoms with Crippen molar-refractivity contribution in [3.63, 3.8) is 0 Å². The highest BCUT2D eigenvalue weighted by Gasteiger charge is 2.26. The van der Waals surface area contributed by atoms with Gasteiger partial charge < -0.3 is 19.5 Å². The van der Waals surface area contributed by atoms with Crippen molar-refractivity contribution in [1.29, 1.82) is 0 Å². The minimum atomic E-state index is -0.241. The highest BCUT2D eigenvalue weighted by Crippen LogP contribution is 2.21. The molecule has 2 aromatic rings. The fraction of sp³-hybridized carbons (Fsp3) is 0.350. The number of nitrogens with one attached hydrogen (secondary N) is 1. The molecule has 0 aliphatic carbocycles. The van der Waals surface area contributed by atoms with Gasteiger partial charge in [-0.1, -0.05) is 12.1 Å². The smallest absolute Gasteiger partial charge is 0.133 e. The molecule has 1 heterocycles. The number of phenolic OH excluding ortho intramolecular Hbond substituents is 1. The van der Waals surface area contributed by atoms with Gasteiger partial charge in [0.05, 0.1) is 26.9 Å². The molecule has 0 unspecified atom stereocenters. The second-order valence-electron chi connectivity index (χ2n) is 6.29. The van der Waals surface area contributed by atoms with Gasteiger partial charge in [0.2, 0.25) is 0 Å². The Morgan fingerprint density at radius 2 is 1.96 bits per heavy atom. The zero-order chi connectivity index (χ0) is 18.4. The van der Waals surface area contributed by atoms with Gasteiger partial charge in [-0.05, 0) is 30.3 Å². The summed E-state index contributed by atoms with van der Waals surface area (Å²) < 4.78 is 23.9. The zero-order valence-corrected chi connectivity index (χ0v) is 14.8. The van der Waals surface area contributed by atoms with E-state index in [9.17, 15) is 9.50 Å². The van der Waals surface area contributed by atoms with Crippen LogP contribution in [0.4, 0.5) is 4.39 Å². The minimum absolute atomic E-state index is 0.114. The molecule has 5 nitrogen and oxygen atoms in total. The Hall–Kier alpha value is -2.44. The molecule has 0 bridgehead atoms. The van der Waals surface area contributed by atoms with E-state index in [0.717, 1.165) is 18.7 Å². The molecule has 6 heteroatoms. The maximum Gasteiger partial charge on any atom is 0.133 e. The van der Waals surface area contributed by atoms with E-state index in [0.29, 0.717) is 31.1 Å². The first-order valence-electron chi connectivity index (χ1n) is 8.72. The van der Waals surface area contributed by atoms with Gasteiger partial charge >= 0.3 is 0 Å². The van der Waals surface area contributed by atoms with E-state index in [2.05, 4.69) is 4.99 Å². The molecule has 1 fully saturated rings. The number of rotatable bonds is 6. The van der Waals surface area contributed by atoms with Crippen LogP contribution in [0.2, 0.25) is 0 Å². The predicted octanol–water partition coefficient (Wildman–Crippen LogP) is 1.62. The lowest BCUT2D eigenvalue weighted by Gasteiger charge is -2.31. The second-order valence-corrected chi connectivity index (χ2v) is 6.29. The molecule has 1 atom stereocenters.